The molecule has 0 aliphatic rings. The summed E-state index contributed by atoms with van der Waals surface area (Å²) < 4.78 is 2.34. The second-order valence-corrected chi connectivity index (χ2v) is 6.10. The largest absolute Gasteiger partial charge is 0.328 e. The van der Waals surface area contributed by atoms with Crippen molar-refractivity contribution in [3.63, 3.8) is 0 Å². The number of nitrogens with one attached hydrogen (secondary N) is 1. The first kappa shape index (κ1) is 15.3. The molecule has 0 radical (unpaired) electrons. The molecule has 110 valence electrons. The summed E-state index contributed by atoms with van der Waals surface area (Å²) in [5.41, 5.74) is 2.19. The fraction of sp³-hybridized carbons (Fsp3) is 0.562. The van der Waals surface area contributed by atoms with Gasteiger partial charge in [0.2, 0.25) is 0 Å². The molecule has 1 N–H and O–H groups in total. The van der Waals surface area contributed by atoms with Gasteiger partial charge >= 0.3 is 0 Å². The Morgan fingerprint density at radius 3 is 2.80 bits per heavy atom. The Morgan fingerprint density at radius 1 is 1.30 bits per heavy atom. The van der Waals surface area contributed by atoms with Crippen LogP contribution in [-0.2, 0) is 13.0 Å². The van der Waals surface area contributed by atoms with Crippen LogP contribution in [0.3, 0.4) is 0 Å². The lowest BCUT2D eigenvalue weighted by Crippen LogP contribution is -2.20. The Balaban J connectivity index is 2.26. The van der Waals surface area contributed by atoms with Crippen LogP contribution in [-0.4, -0.2) is 22.6 Å². The summed E-state index contributed by atoms with van der Waals surface area (Å²) >= 11 is 6.07. The van der Waals surface area contributed by atoms with Gasteiger partial charge in [0.25, 0.3) is 0 Å². The van der Waals surface area contributed by atoms with E-state index in [0.29, 0.717) is 5.92 Å². The number of hydrogen-bond donors (Lipinski definition) is 1. The molecule has 0 amide bonds. The molecule has 1 aromatic carbocycles. The van der Waals surface area contributed by atoms with E-state index in [1.54, 1.807) is 0 Å². The summed E-state index contributed by atoms with van der Waals surface area (Å²) in [7, 11) is 0. The normalized spacial score (nSPS) is 11.7. The van der Waals surface area contributed by atoms with E-state index in [0.717, 1.165) is 48.8 Å². The average molecular weight is 294 g/mol. The van der Waals surface area contributed by atoms with Crippen molar-refractivity contribution in [3.8, 4) is 0 Å². The fourth-order valence-corrected chi connectivity index (χ4v) is 2.58. The van der Waals surface area contributed by atoms with Gasteiger partial charge in [0.15, 0.2) is 0 Å². The number of aromatic nitrogens is 2. The summed E-state index contributed by atoms with van der Waals surface area (Å²) in [6.45, 7) is 9.70. The topological polar surface area (TPSA) is 29.9 Å². The lowest BCUT2D eigenvalue weighted by atomic mass is 10.2. The van der Waals surface area contributed by atoms with Gasteiger partial charge in [0.1, 0.15) is 5.82 Å². The van der Waals surface area contributed by atoms with E-state index in [1.165, 1.54) is 5.52 Å². The Labute approximate surface area is 126 Å². The van der Waals surface area contributed by atoms with Crippen LogP contribution in [0.4, 0.5) is 0 Å². The summed E-state index contributed by atoms with van der Waals surface area (Å²) in [6, 6.07) is 5.98. The first-order valence-electron chi connectivity index (χ1n) is 7.47. The molecule has 0 aliphatic carbocycles. The van der Waals surface area contributed by atoms with Crippen molar-refractivity contribution in [2.24, 2.45) is 5.92 Å². The minimum Gasteiger partial charge on any atom is -0.328 e. The second-order valence-electron chi connectivity index (χ2n) is 5.67. The molecule has 20 heavy (non-hydrogen) atoms. The van der Waals surface area contributed by atoms with Crippen LogP contribution in [0.15, 0.2) is 18.2 Å². The molecule has 0 aliphatic heterocycles. The predicted octanol–water partition coefficient (Wildman–Crippen LogP) is 3.89. The van der Waals surface area contributed by atoms with Gasteiger partial charge in [-0.1, -0.05) is 32.4 Å². The van der Waals surface area contributed by atoms with E-state index in [2.05, 4.69) is 36.7 Å². The van der Waals surface area contributed by atoms with E-state index in [-0.39, 0.29) is 0 Å². The van der Waals surface area contributed by atoms with Gasteiger partial charge in [-0.15, -0.1) is 0 Å². The lowest BCUT2D eigenvalue weighted by molar-refractivity contribution is 0.512. The van der Waals surface area contributed by atoms with Crippen LogP contribution in [0.1, 0.15) is 33.0 Å². The van der Waals surface area contributed by atoms with Crippen LogP contribution < -0.4 is 5.32 Å². The van der Waals surface area contributed by atoms with Crippen LogP contribution >= 0.6 is 11.6 Å². The van der Waals surface area contributed by atoms with Crippen LogP contribution in [0.25, 0.3) is 11.0 Å². The van der Waals surface area contributed by atoms with Crippen molar-refractivity contribution >= 4 is 22.6 Å². The number of nitrogens with zero attached hydrogens (tertiary/aromatic N) is 2. The Hall–Kier alpha value is -1.06. The van der Waals surface area contributed by atoms with E-state index in [1.807, 2.05) is 12.1 Å². The summed E-state index contributed by atoms with van der Waals surface area (Å²) in [5, 5.41) is 4.19. The lowest BCUT2D eigenvalue weighted by Gasteiger charge is -2.12. The second kappa shape index (κ2) is 7.09. The van der Waals surface area contributed by atoms with Crippen molar-refractivity contribution in [2.45, 2.75) is 40.2 Å². The molecule has 0 saturated heterocycles. The van der Waals surface area contributed by atoms with E-state index in [4.69, 9.17) is 16.6 Å². The zero-order valence-electron chi connectivity index (χ0n) is 12.6. The molecule has 3 nitrogen and oxygen atoms in total. The maximum atomic E-state index is 6.07. The van der Waals surface area contributed by atoms with Crippen LogP contribution in [0.2, 0.25) is 5.02 Å². The highest BCUT2D eigenvalue weighted by atomic mass is 35.5. The quantitative estimate of drug-likeness (QED) is 0.785. The predicted molar refractivity (Wildman–Crippen MR) is 86.4 cm³/mol. The van der Waals surface area contributed by atoms with Gasteiger partial charge < -0.3 is 9.88 Å². The molecule has 0 spiro atoms. The summed E-state index contributed by atoms with van der Waals surface area (Å²) in [5.74, 6) is 1.75. The zero-order chi connectivity index (χ0) is 14.5. The molecule has 1 aromatic heterocycles. The number of hydrogen-bond acceptors (Lipinski definition) is 2. The third kappa shape index (κ3) is 3.74. The SMILES string of the molecule is CCCNCCc1nc2cc(Cl)ccc2n1CC(C)C. The Kier molecular flexibility index (Phi) is 5.44. The highest BCUT2D eigenvalue weighted by Crippen LogP contribution is 2.22. The smallest absolute Gasteiger partial charge is 0.111 e. The molecule has 0 bridgehead atoms. The summed E-state index contributed by atoms with van der Waals surface area (Å²) in [4.78, 5) is 4.76. The highest BCUT2D eigenvalue weighted by molar-refractivity contribution is 6.31. The first-order chi connectivity index (χ1) is 9.61. The molecule has 0 fully saturated rings. The molecule has 0 unspecified atom stereocenters. The van der Waals surface area contributed by atoms with E-state index < -0.39 is 0 Å². The molecule has 2 aromatic rings. The molecule has 0 atom stereocenters. The fourth-order valence-electron chi connectivity index (χ4n) is 2.41. The molecular weight excluding hydrogens is 270 g/mol. The van der Waals surface area contributed by atoms with Gasteiger partial charge in [-0.25, -0.2) is 4.98 Å². The first-order valence-corrected chi connectivity index (χ1v) is 7.85. The Morgan fingerprint density at radius 2 is 2.10 bits per heavy atom. The minimum atomic E-state index is 0.602. The van der Waals surface area contributed by atoms with Crippen molar-refractivity contribution in [3.05, 3.63) is 29.0 Å². The third-order valence-corrected chi connectivity index (χ3v) is 3.52. The standard InChI is InChI=1S/C16H24ClN3/c1-4-8-18-9-7-16-19-14-10-13(17)5-6-15(14)20(16)11-12(2)3/h5-6,10,12,18H,4,7-9,11H2,1-3H3. The molecule has 0 saturated carbocycles. The van der Waals surface area contributed by atoms with E-state index >= 15 is 0 Å². The van der Waals surface area contributed by atoms with E-state index in [9.17, 15) is 0 Å². The molecular formula is C16H24ClN3. The van der Waals surface area contributed by atoms with Crippen LogP contribution in [0.5, 0.6) is 0 Å². The number of fused-ring (bicyclic) bond motifs is 1. The van der Waals surface area contributed by atoms with Crippen molar-refractivity contribution < 1.29 is 0 Å². The van der Waals surface area contributed by atoms with Gasteiger partial charge in [0.05, 0.1) is 11.0 Å². The summed E-state index contributed by atoms with van der Waals surface area (Å²) in [6.07, 6.45) is 2.12. The highest BCUT2D eigenvalue weighted by Gasteiger charge is 2.11. The number of benzene rings is 1. The van der Waals surface area contributed by atoms with Crippen molar-refractivity contribution in [2.75, 3.05) is 13.1 Å². The minimum absolute atomic E-state index is 0.602. The monoisotopic (exact) mass is 293 g/mol. The van der Waals surface area contributed by atoms with Crippen molar-refractivity contribution in [1.82, 2.24) is 14.9 Å². The van der Waals surface area contributed by atoms with Crippen molar-refractivity contribution in [1.29, 1.82) is 0 Å². The van der Waals surface area contributed by atoms with Gasteiger partial charge in [-0.05, 0) is 37.1 Å². The van der Waals surface area contributed by atoms with Gasteiger partial charge in [0, 0.05) is 24.5 Å². The Bertz CT molecular complexity index is 560. The third-order valence-electron chi connectivity index (χ3n) is 3.29. The maximum Gasteiger partial charge on any atom is 0.111 e. The molecule has 4 heteroatoms. The maximum absolute atomic E-state index is 6.07. The number of rotatable bonds is 7. The molecule has 2 rings (SSSR count). The van der Waals surface area contributed by atoms with Gasteiger partial charge in [-0.2, -0.15) is 0 Å². The average Bonchev–Trinajstić information content (AvgIpc) is 2.71. The zero-order valence-corrected chi connectivity index (χ0v) is 13.4. The molecule has 1 heterocycles. The van der Waals surface area contributed by atoms with Gasteiger partial charge in [-0.3, -0.25) is 0 Å². The number of imidazole rings is 1. The number of halogens is 1. The van der Waals surface area contributed by atoms with Crippen LogP contribution in [0, 0.1) is 5.92 Å².